The standard InChI is InChI=1S/C4H6O4.Mg.H2O/c5-3(6)1-2-4(7)8;;/h1-2H2,(H,5,6)(H,7,8);;1H2/q;+2;/p-2. The zero-order valence-corrected chi connectivity index (χ0v) is 6.67. The van der Waals surface area contributed by atoms with Gasteiger partial charge in [0.1, 0.15) is 0 Å². The molecule has 0 heterocycles. The Morgan fingerprint density at radius 3 is 1.30 bits per heavy atom. The van der Waals surface area contributed by atoms with Crippen LogP contribution in [0.3, 0.4) is 0 Å². The van der Waals surface area contributed by atoms with Crippen LogP contribution in [0.15, 0.2) is 0 Å². The summed E-state index contributed by atoms with van der Waals surface area (Å²) >= 11 is 0. The van der Waals surface area contributed by atoms with E-state index >= 15 is 0 Å². The Hall–Kier alpha value is -0.334. The van der Waals surface area contributed by atoms with Crippen molar-refractivity contribution in [2.75, 3.05) is 0 Å². The van der Waals surface area contributed by atoms with Gasteiger partial charge in [-0.15, -0.1) is 0 Å². The van der Waals surface area contributed by atoms with E-state index in [-0.39, 0.29) is 28.5 Å². The van der Waals surface area contributed by atoms with E-state index in [1.54, 1.807) is 0 Å². The molecule has 0 aliphatic rings. The number of carboxylic acid groups (broad SMARTS) is 2. The van der Waals surface area contributed by atoms with Crippen molar-refractivity contribution in [2.24, 2.45) is 0 Å². The van der Waals surface area contributed by atoms with E-state index in [1.165, 1.54) is 0 Å². The number of hydrogen-bond donors (Lipinski definition) is 0. The van der Waals surface area contributed by atoms with E-state index in [0.717, 1.165) is 0 Å². The molecule has 0 unspecified atom stereocenters. The van der Waals surface area contributed by atoms with Gasteiger partial charge in [-0.05, 0) is 12.8 Å². The largest absolute Gasteiger partial charge is 2.00 e. The second-order valence-corrected chi connectivity index (χ2v) is 1.24. The van der Waals surface area contributed by atoms with Crippen LogP contribution in [0.5, 0.6) is 0 Å². The number of carbonyl (C=O) groups is 2. The van der Waals surface area contributed by atoms with Crippen molar-refractivity contribution in [3.63, 3.8) is 0 Å². The van der Waals surface area contributed by atoms with Crippen LogP contribution in [0.1, 0.15) is 12.8 Å². The van der Waals surface area contributed by atoms with E-state index in [9.17, 15) is 19.8 Å². The van der Waals surface area contributed by atoms with Gasteiger partial charge in [0.25, 0.3) is 0 Å². The smallest absolute Gasteiger partial charge is 0.550 e. The van der Waals surface area contributed by atoms with Crippen LogP contribution in [-0.2, 0) is 9.59 Å². The molecule has 0 rings (SSSR count). The fourth-order valence-electron chi connectivity index (χ4n) is 0.204. The predicted molar refractivity (Wildman–Crippen MR) is 28.6 cm³/mol. The SMILES string of the molecule is O.O=C([O-])CCC(=O)[O-].[Mg+2]. The Morgan fingerprint density at radius 2 is 1.20 bits per heavy atom. The van der Waals surface area contributed by atoms with Gasteiger partial charge in [0.15, 0.2) is 0 Å². The fraction of sp³-hybridized carbons (Fsp3) is 0.500. The van der Waals surface area contributed by atoms with Gasteiger partial charge >= 0.3 is 23.1 Å². The normalized spacial score (nSPS) is 6.80. The molecule has 54 valence electrons. The van der Waals surface area contributed by atoms with Gasteiger partial charge in [0.2, 0.25) is 0 Å². The molecule has 0 atom stereocenters. The molecule has 0 fully saturated rings. The molecule has 0 saturated carbocycles. The van der Waals surface area contributed by atoms with Crippen LogP contribution in [0.25, 0.3) is 0 Å². The third-order valence-electron chi connectivity index (χ3n) is 0.533. The van der Waals surface area contributed by atoms with Crippen LogP contribution >= 0.6 is 0 Å². The van der Waals surface area contributed by atoms with Gasteiger partial charge in [0.05, 0.1) is 0 Å². The molecule has 0 bridgehead atoms. The quantitative estimate of drug-likeness (QED) is 0.390. The Balaban J connectivity index is -0.000000245. The second-order valence-electron chi connectivity index (χ2n) is 1.24. The molecule has 0 aliphatic carbocycles. The summed E-state index contributed by atoms with van der Waals surface area (Å²) in [4.78, 5) is 19.0. The number of hydrogen-bond acceptors (Lipinski definition) is 4. The molecule has 0 aliphatic heterocycles. The van der Waals surface area contributed by atoms with Crippen LogP contribution in [0.4, 0.5) is 0 Å². The summed E-state index contributed by atoms with van der Waals surface area (Å²) < 4.78 is 0. The molecule has 2 N–H and O–H groups in total. The molecular weight excluding hydrogens is 152 g/mol. The Morgan fingerprint density at radius 1 is 1.00 bits per heavy atom. The maximum Gasteiger partial charge on any atom is 2.00 e. The Kier molecular flexibility index (Phi) is 14.2. The average Bonchev–Trinajstić information content (AvgIpc) is 1.61. The van der Waals surface area contributed by atoms with Crippen LogP contribution in [0, 0.1) is 0 Å². The summed E-state index contributed by atoms with van der Waals surface area (Å²) in [6.07, 6.45) is -0.940. The molecule has 0 aromatic rings. The van der Waals surface area contributed by atoms with Gasteiger partial charge in [0, 0.05) is 11.9 Å². The van der Waals surface area contributed by atoms with E-state index < -0.39 is 24.8 Å². The maximum atomic E-state index is 9.50. The Bertz CT molecular complexity index is 98.2. The molecule has 0 radical (unpaired) electrons. The summed E-state index contributed by atoms with van der Waals surface area (Å²) in [7, 11) is 0. The average molecular weight is 158 g/mol. The summed E-state index contributed by atoms with van der Waals surface area (Å²) in [6, 6.07) is 0. The van der Waals surface area contributed by atoms with Crippen LogP contribution < -0.4 is 10.2 Å². The van der Waals surface area contributed by atoms with Gasteiger partial charge < -0.3 is 25.3 Å². The van der Waals surface area contributed by atoms with E-state index in [1.807, 2.05) is 0 Å². The molecular formula is C4H6MgO5. The van der Waals surface area contributed by atoms with E-state index in [2.05, 4.69) is 0 Å². The first-order valence-corrected chi connectivity index (χ1v) is 2.02. The van der Waals surface area contributed by atoms with Crippen molar-refractivity contribution in [1.82, 2.24) is 0 Å². The first kappa shape index (κ1) is 16.3. The molecule has 6 heteroatoms. The minimum atomic E-state index is -1.37. The van der Waals surface area contributed by atoms with Crippen molar-refractivity contribution < 1.29 is 25.3 Å². The number of carbonyl (C=O) groups excluding carboxylic acids is 2. The monoisotopic (exact) mass is 158 g/mol. The minimum absolute atomic E-state index is 0. The van der Waals surface area contributed by atoms with Crippen molar-refractivity contribution in [1.29, 1.82) is 0 Å². The molecule has 0 spiro atoms. The van der Waals surface area contributed by atoms with E-state index in [0.29, 0.717) is 0 Å². The molecule has 5 nitrogen and oxygen atoms in total. The summed E-state index contributed by atoms with van der Waals surface area (Å²) in [6.45, 7) is 0. The third kappa shape index (κ3) is 15.6. The van der Waals surface area contributed by atoms with E-state index in [4.69, 9.17) is 0 Å². The Labute approximate surface area is 73.5 Å². The third-order valence-corrected chi connectivity index (χ3v) is 0.533. The van der Waals surface area contributed by atoms with Gasteiger partial charge in [-0.3, -0.25) is 0 Å². The number of rotatable bonds is 3. The molecule has 0 saturated heterocycles. The van der Waals surface area contributed by atoms with Crippen molar-refractivity contribution in [3.05, 3.63) is 0 Å². The molecule has 10 heavy (non-hydrogen) atoms. The van der Waals surface area contributed by atoms with Crippen molar-refractivity contribution >= 4 is 35.0 Å². The first-order valence-electron chi connectivity index (χ1n) is 2.02. The molecule has 0 aromatic carbocycles. The minimum Gasteiger partial charge on any atom is -0.550 e. The zero-order chi connectivity index (χ0) is 6.57. The second kappa shape index (κ2) is 8.67. The summed E-state index contributed by atoms with van der Waals surface area (Å²) in [5.74, 6) is -2.73. The number of aliphatic carboxylic acids is 2. The van der Waals surface area contributed by atoms with Crippen LogP contribution in [-0.4, -0.2) is 40.5 Å². The molecule has 0 aromatic heterocycles. The van der Waals surface area contributed by atoms with Crippen molar-refractivity contribution in [3.8, 4) is 0 Å². The summed E-state index contributed by atoms with van der Waals surface area (Å²) in [5, 5.41) is 19.0. The van der Waals surface area contributed by atoms with Gasteiger partial charge in [-0.1, -0.05) is 0 Å². The fourth-order valence-corrected chi connectivity index (χ4v) is 0.204. The van der Waals surface area contributed by atoms with Crippen LogP contribution in [0.2, 0.25) is 0 Å². The first-order chi connectivity index (χ1) is 3.63. The van der Waals surface area contributed by atoms with Gasteiger partial charge in [-0.25, -0.2) is 0 Å². The predicted octanol–water partition coefficient (Wildman–Crippen LogP) is -3.94. The summed E-state index contributed by atoms with van der Waals surface area (Å²) in [5.41, 5.74) is 0. The van der Waals surface area contributed by atoms with Gasteiger partial charge in [-0.2, -0.15) is 0 Å². The zero-order valence-electron chi connectivity index (χ0n) is 5.25. The number of carboxylic acids is 2. The maximum absolute atomic E-state index is 9.50. The molecule has 0 amide bonds. The van der Waals surface area contributed by atoms with Crippen molar-refractivity contribution in [2.45, 2.75) is 12.8 Å². The topological polar surface area (TPSA) is 112 Å².